The molecule has 0 amide bonds. The normalized spacial score (nSPS) is 9.15. The maximum Gasteiger partial charge on any atom is 0.332 e. The number of aromatic amines is 1. The van der Waals surface area contributed by atoms with Crippen LogP contribution in [0.5, 0.6) is 0 Å². The highest BCUT2D eigenvalue weighted by atomic mass is 16.6. The zero-order chi connectivity index (χ0) is 9.84. The second kappa shape index (κ2) is 3.49. The summed E-state index contributed by atoms with van der Waals surface area (Å²) in [6.07, 6.45) is -0.00917. The van der Waals surface area contributed by atoms with Crippen LogP contribution in [0.25, 0.3) is 0 Å². The summed E-state index contributed by atoms with van der Waals surface area (Å²) in [5.74, 6) is -0.391. The van der Waals surface area contributed by atoms with E-state index in [0.717, 1.165) is 6.07 Å². The van der Waals surface area contributed by atoms with E-state index in [1.807, 2.05) is 4.98 Å². The van der Waals surface area contributed by atoms with Gasteiger partial charge in [-0.05, 0) is 10.5 Å². The lowest BCUT2D eigenvalue weighted by Gasteiger charge is -1.94. The van der Waals surface area contributed by atoms with Gasteiger partial charge in [-0.3, -0.25) is 0 Å². The zero-order valence-corrected chi connectivity index (χ0v) is 6.48. The van der Waals surface area contributed by atoms with Gasteiger partial charge in [0.05, 0.1) is 12.5 Å². The Morgan fingerprint density at radius 1 is 1.62 bits per heavy atom. The second-order valence-electron chi connectivity index (χ2n) is 2.33. The Hall–Kier alpha value is -2.16. The molecule has 0 aromatic carbocycles. The van der Waals surface area contributed by atoms with E-state index in [1.165, 1.54) is 6.07 Å². The summed E-state index contributed by atoms with van der Waals surface area (Å²) < 4.78 is 0. The molecule has 0 saturated heterocycles. The van der Waals surface area contributed by atoms with Gasteiger partial charge in [-0.25, -0.2) is 9.78 Å². The van der Waals surface area contributed by atoms with Crippen molar-refractivity contribution in [2.45, 2.75) is 6.42 Å². The van der Waals surface area contributed by atoms with Gasteiger partial charge in [0.25, 0.3) is 0 Å². The molecule has 1 aromatic heterocycles. The molecule has 1 heterocycles. The van der Waals surface area contributed by atoms with Gasteiger partial charge in [-0.2, -0.15) is 5.26 Å². The number of nitriles is 1. The Balaban J connectivity index is 3.20. The Kier molecular flexibility index (Phi) is 2.40. The van der Waals surface area contributed by atoms with Crippen molar-refractivity contribution in [3.63, 3.8) is 0 Å². The van der Waals surface area contributed by atoms with E-state index >= 15 is 0 Å². The second-order valence-corrected chi connectivity index (χ2v) is 2.33. The quantitative estimate of drug-likeness (QED) is 0.522. The summed E-state index contributed by atoms with van der Waals surface area (Å²) in [5.41, 5.74) is -0.225. The Morgan fingerprint density at radius 3 is 2.85 bits per heavy atom. The first-order chi connectivity index (χ1) is 6.13. The molecule has 6 nitrogen and oxygen atoms in total. The molecule has 13 heavy (non-hydrogen) atoms. The van der Waals surface area contributed by atoms with Crippen molar-refractivity contribution < 1.29 is 4.92 Å². The molecule has 66 valence electrons. The molecule has 0 atom stereocenters. The first kappa shape index (κ1) is 8.93. The van der Waals surface area contributed by atoms with Crippen LogP contribution in [-0.4, -0.2) is 9.91 Å². The molecule has 0 aliphatic carbocycles. The first-order valence-electron chi connectivity index (χ1n) is 3.38. The number of H-pyrrole nitrogens is 1. The number of hydrogen-bond donors (Lipinski definition) is 1. The van der Waals surface area contributed by atoms with Crippen molar-refractivity contribution in [2.75, 3.05) is 0 Å². The lowest BCUT2D eigenvalue weighted by Crippen LogP contribution is -2.08. The van der Waals surface area contributed by atoms with Gasteiger partial charge in [0.1, 0.15) is 0 Å². The summed E-state index contributed by atoms with van der Waals surface area (Å²) in [6.45, 7) is 0. The van der Waals surface area contributed by atoms with Crippen molar-refractivity contribution >= 4 is 5.82 Å². The van der Waals surface area contributed by atoms with E-state index in [9.17, 15) is 14.9 Å². The number of nitrogens with one attached hydrogen (secondary N) is 1. The molecular weight excluding hydrogens is 174 g/mol. The van der Waals surface area contributed by atoms with Crippen molar-refractivity contribution in [3.8, 4) is 6.07 Å². The van der Waals surface area contributed by atoms with Crippen LogP contribution in [0.4, 0.5) is 5.82 Å². The summed E-state index contributed by atoms with van der Waals surface area (Å²) in [5, 5.41) is 18.6. The van der Waals surface area contributed by atoms with Crippen LogP contribution in [0.15, 0.2) is 16.9 Å². The van der Waals surface area contributed by atoms with Crippen molar-refractivity contribution in [3.05, 3.63) is 38.2 Å². The van der Waals surface area contributed by atoms with Crippen molar-refractivity contribution in [1.82, 2.24) is 4.98 Å². The average molecular weight is 179 g/mol. The van der Waals surface area contributed by atoms with Gasteiger partial charge in [0.15, 0.2) is 0 Å². The number of nitro groups is 1. The Bertz CT molecular complexity index is 429. The molecule has 1 N–H and O–H groups in total. The molecule has 1 rings (SSSR count). The lowest BCUT2D eigenvalue weighted by atomic mass is 10.2. The largest absolute Gasteiger partial charge is 0.358 e. The molecule has 0 radical (unpaired) electrons. The summed E-state index contributed by atoms with van der Waals surface area (Å²) >= 11 is 0. The van der Waals surface area contributed by atoms with Gasteiger partial charge >= 0.3 is 11.4 Å². The van der Waals surface area contributed by atoms with E-state index in [2.05, 4.69) is 0 Å². The molecule has 0 fully saturated rings. The van der Waals surface area contributed by atoms with Crippen LogP contribution in [0.1, 0.15) is 5.56 Å². The maximum absolute atomic E-state index is 10.8. The smallest absolute Gasteiger partial charge is 0.332 e. The molecule has 0 saturated carbocycles. The molecule has 0 bridgehead atoms. The third-order valence-corrected chi connectivity index (χ3v) is 1.37. The minimum absolute atomic E-state index is 0.00917. The first-order valence-corrected chi connectivity index (χ1v) is 3.38. The fourth-order valence-corrected chi connectivity index (χ4v) is 0.876. The van der Waals surface area contributed by atoms with Crippen LogP contribution in [-0.2, 0) is 6.42 Å². The SMILES string of the molecule is N#CCc1cc([N+](=O)[O-])[nH]c(=O)c1. The number of nitrogens with zero attached hydrogens (tertiary/aromatic N) is 2. The van der Waals surface area contributed by atoms with E-state index in [1.54, 1.807) is 6.07 Å². The van der Waals surface area contributed by atoms with E-state index in [-0.39, 0.29) is 6.42 Å². The van der Waals surface area contributed by atoms with E-state index in [4.69, 9.17) is 5.26 Å². The zero-order valence-electron chi connectivity index (χ0n) is 6.48. The average Bonchev–Trinajstić information content (AvgIpc) is 2.03. The molecular formula is C7H5N3O3. The van der Waals surface area contributed by atoms with Crippen LogP contribution in [0.3, 0.4) is 0 Å². The summed E-state index contributed by atoms with van der Waals surface area (Å²) in [7, 11) is 0. The molecule has 0 spiro atoms. The fraction of sp³-hybridized carbons (Fsp3) is 0.143. The lowest BCUT2D eigenvalue weighted by molar-refractivity contribution is -0.389. The van der Waals surface area contributed by atoms with Crippen LogP contribution in [0, 0.1) is 21.4 Å². The molecule has 6 heteroatoms. The van der Waals surface area contributed by atoms with Gasteiger partial charge in [-0.1, -0.05) is 0 Å². The third-order valence-electron chi connectivity index (χ3n) is 1.37. The number of rotatable bonds is 2. The van der Waals surface area contributed by atoms with Gasteiger partial charge < -0.3 is 10.1 Å². The predicted octanol–water partition coefficient (Wildman–Crippen LogP) is 0.349. The van der Waals surface area contributed by atoms with Gasteiger partial charge in [0, 0.05) is 12.1 Å². The highest BCUT2D eigenvalue weighted by Crippen LogP contribution is 2.06. The van der Waals surface area contributed by atoms with Crippen LogP contribution >= 0.6 is 0 Å². The van der Waals surface area contributed by atoms with Crippen LogP contribution in [0.2, 0.25) is 0 Å². The summed E-state index contributed by atoms with van der Waals surface area (Å²) in [4.78, 5) is 22.4. The topological polar surface area (TPSA) is 99.8 Å². The minimum Gasteiger partial charge on any atom is -0.358 e. The Morgan fingerprint density at radius 2 is 2.31 bits per heavy atom. The minimum atomic E-state index is -0.706. The number of pyridine rings is 1. The molecule has 0 unspecified atom stereocenters. The van der Waals surface area contributed by atoms with E-state index < -0.39 is 16.3 Å². The fourth-order valence-electron chi connectivity index (χ4n) is 0.876. The third kappa shape index (κ3) is 2.13. The van der Waals surface area contributed by atoms with Gasteiger partial charge in [0.2, 0.25) is 0 Å². The predicted molar refractivity (Wildman–Crippen MR) is 43.0 cm³/mol. The number of hydrogen-bond acceptors (Lipinski definition) is 4. The van der Waals surface area contributed by atoms with Gasteiger partial charge in [-0.15, -0.1) is 0 Å². The Labute approximate surface area is 72.6 Å². The highest BCUT2D eigenvalue weighted by Gasteiger charge is 2.06. The van der Waals surface area contributed by atoms with E-state index in [0.29, 0.717) is 5.56 Å². The molecule has 0 aliphatic heterocycles. The number of aromatic nitrogens is 1. The standard InChI is InChI=1S/C7H5N3O3/c8-2-1-5-3-6(10(12)13)9-7(11)4-5/h3-4H,1H2,(H,9,11). The highest BCUT2D eigenvalue weighted by molar-refractivity contribution is 5.27. The maximum atomic E-state index is 10.8. The molecule has 1 aromatic rings. The van der Waals surface area contributed by atoms with Crippen molar-refractivity contribution in [1.29, 1.82) is 5.26 Å². The summed E-state index contributed by atoms with van der Waals surface area (Å²) in [6, 6.07) is 4.14. The van der Waals surface area contributed by atoms with Crippen LogP contribution < -0.4 is 5.56 Å². The van der Waals surface area contributed by atoms with Crippen molar-refractivity contribution in [2.24, 2.45) is 0 Å². The molecule has 0 aliphatic rings. The monoisotopic (exact) mass is 179 g/mol.